The van der Waals surface area contributed by atoms with E-state index in [2.05, 4.69) is 5.32 Å². The van der Waals surface area contributed by atoms with Gasteiger partial charge in [-0.05, 0) is 56.5 Å². The van der Waals surface area contributed by atoms with Gasteiger partial charge in [-0.25, -0.2) is 8.42 Å². The summed E-state index contributed by atoms with van der Waals surface area (Å²) in [6.07, 6.45) is 0.650. The second-order valence-electron chi connectivity index (χ2n) is 8.01. The SMILES string of the molecule is CCc1ccccc1N(CC(=O)NC(C)c1ccc(C)cc1)S(=O)(=O)c1ccc(C)cc1. The van der Waals surface area contributed by atoms with Crippen LogP contribution in [0.15, 0.2) is 77.7 Å². The van der Waals surface area contributed by atoms with Crippen LogP contribution in [0.1, 0.15) is 42.1 Å². The maximum Gasteiger partial charge on any atom is 0.264 e. The molecular formula is C26H30N2O3S. The molecule has 0 saturated heterocycles. The number of hydrogen-bond acceptors (Lipinski definition) is 3. The minimum Gasteiger partial charge on any atom is -0.348 e. The van der Waals surface area contributed by atoms with Crippen LogP contribution in [0, 0.1) is 13.8 Å². The van der Waals surface area contributed by atoms with Crippen LogP contribution in [0.2, 0.25) is 0 Å². The molecular weight excluding hydrogens is 420 g/mol. The molecule has 1 N–H and O–H groups in total. The number of carbonyl (C=O) groups is 1. The van der Waals surface area contributed by atoms with Gasteiger partial charge in [0.15, 0.2) is 0 Å². The molecule has 6 heteroatoms. The van der Waals surface area contributed by atoms with Gasteiger partial charge < -0.3 is 5.32 Å². The zero-order chi connectivity index (χ0) is 23.3. The summed E-state index contributed by atoms with van der Waals surface area (Å²) >= 11 is 0. The van der Waals surface area contributed by atoms with E-state index in [-0.39, 0.29) is 23.4 Å². The normalized spacial score (nSPS) is 12.2. The summed E-state index contributed by atoms with van der Waals surface area (Å²) in [5.74, 6) is -0.361. The van der Waals surface area contributed by atoms with E-state index in [9.17, 15) is 13.2 Å². The Balaban J connectivity index is 1.93. The molecule has 168 valence electrons. The average molecular weight is 451 g/mol. The molecule has 0 aromatic heterocycles. The van der Waals surface area contributed by atoms with E-state index in [0.29, 0.717) is 12.1 Å². The Morgan fingerprint density at radius 2 is 1.47 bits per heavy atom. The van der Waals surface area contributed by atoms with Gasteiger partial charge in [0.1, 0.15) is 6.54 Å². The van der Waals surface area contributed by atoms with E-state index in [0.717, 1.165) is 22.3 Å². The third-order valence-corrected chi connectivity index (χ3v) is 7.27. The Morgan fingerprint density at radius 3 is 2.06 bits per heavy atom. The first-order chi connectivity index (χ1) is 15.2. The molecule has 0 spiro atoms. The van der Waals surface area contributed by atoms with E-state index in [1.165, 1.54) is 4.31 Å². The van der Waals surface area contributed by atoms with Crippen LogP contribution in [0.3, 0.4) is 0 Å². The molecule has 0 aliphatic carbocycles. The van der Waals surface area contributed by atoms with Crippen LogP contribution >= 0.6 is 0 Å². The van der Waals surface area contributed by atoms with Crippen molar-refractivity contribution in [3.63, 3.8) is 0 Å². The third-order valence-electron chi connectivity index (χ3n) is 5.49. The maximum atomic E-state index is 13.6. The van der Waals surface area contributed by atoms with Crippen LogP contribution < -0.4 is 9.62 Å². The molecule has 1 unspecified atom stereocenters. The summed E-state index contributed by atoms with van der Waals surface area (Å²) in [5, 5.41) is 2.94. The fourth-order valence-electron chi connectivity index (χ4n) is 3.55. The topological polar surface area (TPSA) is 66.5 Å². The molecule has 0 bridgehead atoms. The Labute approximate surface area is 191 Å². The lowest BCUT2D eigenvalue weighted by Gasteiger charge is -2.27. The summed E-state index contributed by atoms with van der Waals surface area (Å²) in [5.41, 5.74) is 4.45. The summed E-state index contributed by atoms with van der Waals surface area (Å²) in [6, 6.07) is 21.7. The number of benzene rings is 3. The fourth-order valence-corrected chi connectivity index (χ4v) is 5.01. The number of carbonyl (C=O) groups excluding carboxylic acids is 1. The molecule has 0 fully saturated rings. The molecule has 0 radical (unpaired) electrons. The quantitative estimate of drug-likeness (QED) is 0.529. The highest BCUT2D eigenvalue weighted by Gasteiger charge is 2.29. The van der Waals surface area contributed by atoms with Gasteiger partial charge in [0.2, 0.25) is 5.91 Å². The van der Waals surface area contributed by atoms with Gasteiger partial charge in [-0.2, -0.15) is 0 Å². The lowest BCUT2D eigenvalue weighted by Crippen LogP contribution is -2.42. The van der Waals surface area contributed by atoms with Crippen LogP contribution in [-0.2, 0) is 21.2 Å². The zero-order valence-electron chi connectivity index (χ0n) is 19.0. The summed E-state index contributed by atoms with van der Waals surface area (Å²) in [7, 11) is -3.93. The van der Waals surface area contributed by atoms with Crippen molar-refractivity contribution in [1.29, 1.82) is 0 Å². The lowest BCUT2D eigenvalue weighted by molar-refractivity contribution is -0.120. The minimum absolute atomic E-state index is 0.161. The number of nitrogens with zero attached hydrogens (tertiary/aromatic N) is 1. The molecule has 3 aromatic carbocycles. The predicted octanol–water partition coefficient (Wildman–Crippen LogP) is 4.94. The van der Waals surface area contributed by atoms with E-state index in [1.807, 2.05) is 64.1 Å². The predicted molar refractivity (Wildman–Crippen MR) is 129 cm³/mol. The van der Waals surface area contributed by atoms with Crippen molar-refractivity contribution >= 4 is 21.6 Å². The molecule has 0 aliphatic rings. The maximum absolute atomic E-state index is 13.6. The standard InChI is InChI=1S/C26H30N2O3S/c1-5-22-8-6-7-9-25(22)28(32(30,31)24-16-12-20(3)13-17-24)18-26(29)27-21(4)23-14-10-19(2)11-15-23/h6-17,21H,5,18H2,1-4H3,(H,27,29). The average Bonchev–Trinajstić information content (AvgIpc) is 2.78. The van der Waals surface area contributed by atoms with Crippen molar-refractivity contribution in [2.75, 3.05) is 10.8 Å². The number of anilines is 1. The van der Waals surface area contributed by atoms with Crippen molar-refractivity contribution in [2.45, 2.75) is 45.1 Å². The molecule has 0 heterocycles. The van der Waals surface area contributed by atoms with Crippen LogP contribution in [0.25, 0.3) is 0 Å². The number of hydrogen-bond donors (Lipinski definition) is 1. The van der Waals surface area contributed by atoms with E-state index in [1.54, 1.807) is 36.4 Å². The molecule has 32 heavy (non-hydrogen) atoms. The first-order valence-electron chi connectivity index (χ1n) is 10.8. The van der Waals surface area contributed by atoms with Crippen molar-refractivity contribution in [3.05, 3.63) is 95.1 Å². The third kappa shape index (κ3) is 5.37. The summed E-state index contributed by atoms with van der Waals surface area (Å²) < 4.78 is 28.4. The Bertz CT molecular complexity index is 1170. The summed E-state index contributed by atoms with van der Waals surface area (Å²) in [4.78, 5) is 13.2. The van der Waals surface area contributed by atoms with Gasteiger partial charge >= 0.3 is 0 Å². The van der Waals surface area contributed by atoms with Crippen LogP contribution in [-0.4, -0.2) is 20.9 Å². The molecule has 1 atom stereocenters. The van der Waals surface area contributed by atoms with Crippen molar-refractivity contribution in [1.82, 2.24) is 5.32 Å². The number of rotatable bonds is 8. The van der Waals surface area contributed by atoms with Crippen molar-refractivity contribution in [2.24, 2.45) is 0 Å². The fraction of sp³-hybridized carbons (Fsp3) is 0.269. The van der Waals surface area contributed by atoms with Gasteiger partial charge in [-0.3, -0.25) is 9.10 Å². The molecule has 5 nitrogen and oxygen atoms in total. The number of amides is 1. The minimum atomic E-state index is -3.93. The smallest absolute Gasteiger partial charge is 0.264 e. The number of sulfonamides is 1. The van der Waals surface area contributed by atoms with Gasteiger partial charge in [0.05, 0.1) is 16.6 Å². The lowest BCUT2D eigenvalue weighted by atomic mass is 10.1. The van der Waals surface area contributed by atoms with E-state index < -0.39 is 10.0 Å². The highest BCUT2D eigenvalue weighted by atomic mass is 32.2. The Morgan fingerprint density at radius 1 is 0.906 bits per heavy atom. The van der Waals surface area contributed by atoms with Gasteiger partial charge in [0.25, 0.3) is 10.0 Å². The molecule has 0 saturated carbocycles. The second-order valence-corrected chi connectivity index (χ2v) is 9.87. The number of nitrogens with one attached hydrogen (secondary N) is 1. The molecule has 3 rings (SSSR count). The van der Waals surface area contributed by atoms with Crippen LogP contribution in [0.5, 0.6) is 0 Å². The largest absolute Gasteiger partial charge is 0.348 e. The Hall–Kier alpha value is -3.12. The Kier molecular flexibility index (Phi) is 7.36. The van der Waals surface area contributed by atoms with Crippen molar-refractivity contribution in [3.8, 4) is 0 Å². The highest BCUT2D eigenvalue weighted by molar-refractivity contribution is 7.92. The highest BCUT2D eigenvalue weighted by Crippen LogP contribution is 2.28. The van der Waals surface area contributed by atoms with Gasteiger partial charge in [-0.1, -0.05) is 72.6 Å². The van der Waals surface area contributed by atoms with Crippen molar-refractivity contribution < 1.29 is 13.2 Å². The van der Waals surface area contributed by atoms with Gasteiger partial charge in [-0.15, -0.1) is 0 Å². The molecule has 3 aromatic rings. The zero-order valence-corrected chi connectivity index (χ0v) is 19.8. The van der Waals surface area contributed by atoms with Crippen LogP contribution in [0.4, 0.5) is 5.69 Å². The van der Waals surface area contributed by atoms with Gasteiger partial charge in [0, 0.05) is 0 Å². The number of para-hydroxylation sites is 1. The monoisotopic (exact) mass is 450 g/mol. The summed E-state index contributed by atoms with van der Waals surface area (Å²) in [6.45, 7) is 7.46. The van der Waals surface area contributed by atoms with E-state index in [4.69, 9.17) is 0 Å². The van der Waals surface area contributed by atoms with E-state index >= 15 is 0 Å². The first-order valence-corrected chi connectivity index (χ1v) is 12.2. The number of aryl methyl sites for hydroxylation is 3. The second kappa shape index (κ2) is 10.0. The molecule has 1 amide bonds. The molecule has 0 aliphatic heterocycles. The first kappa shape index (κ1) is 23.5.